The Labute approximate surface area is 178 Å². The van der Waals surface area contributed by atoms with E-state index in [-0.39, 0.29) is 24.4 Å². The molecular weight excluding hydrogens is 408 g/mol. The van der Waals surface area contributed by atoms with Crippen LogP contribution in [0.15, 0.2) is 36.7 Å². The largest absolute Gasteiger partial charge is 0.493 e. The van der Waals surface area contributed by atoms with Crippen LogP contribution in [0.25, 0.3) is 0 Å². The van der Waals surface area contributed by atoms with Crippen LogP contribution in [0.2, 0.25) is 0 Å². The zero-order valence-corrected chi connectivity index (χ0v) is 17.3. The van der Waals surface area contributed by atoms with Crippen LogP contribution in [0.1, 0.15) is 27.8 Å². The fourth-order valence-corrected chi connectivity index (χ4v) is 3.49. The Morgan fingerprint density at radius 1 is 1.26 bits per heavy atom. The van der Waals surface area contributed by atoms with Crippen molar-refractivity contribution in [1.29, 1.82) is 0 Å². The van der Waals surface area contributed by atoms with E-state index in [2.05, 4.69) is 10.2 Å². The van der Waals surface area contributed by atoms with Gasteiger partial charge in [-0.25, -0.2) is 8.78 Å². The van der Waals surface area contributed by atoms with E-state index in [1.54, 1.807) is 33.7 Å². The summed E-state index contributed by atoms with van der Waals surface area (Å²) >= 11 is 0. The molecule has 1 amide bonds. The second kappa shape index (κ2) is 8.84. The van der Waals surface area contributed by atoms with Crippen LogP contribution >= 0.6 is 0 Å². The molecule has 2 aromatic heterocycles. The van der Waals surface area contributed by atoms with Crippen molar-refractivity contribution in [3.63, 3.8) is 0 Å². The first-order valence-corrected chi connectivity index (χ1v) is 9.91. The second-order valence-corrected chi connectivity index (χ2v) is 7.37. The summed E-state index contributed by atoms with van der Waals surface area (Å²) in [5.74, 6) is -1.67. The van der Waals surface area contributed by atoms with Crippen LogP contribution in [0.3, 0.4) is 0 Å². The van der Waals surface area contributed by atoms with Gasteiger partial charge in [0.2, 0.25) is 0 Å². The quantitative estimate of drug-likeness (QED) is 0.599. The number of morpholine rings is 1. The average Bonchev–Trinajstić information content (AvgIpc) is 3.36. The molecule has 0 saturated carbocycles. The number of rotatable bonds is 6. The maximum atomic E-state index is 13.3. The maximum absolute atomic E-state index is 13.3. The highest BCUT2D eigenvalue weighted by atomic mass is 19.2. The molecule has 1 saturated heterocycles. The molecule has 8 nitrogen and oxygen atoms in total. The summed E-state index contributed by atoms with van der Waals surface area (Å²) < 4.78 is 41.0. The molecule has 1 aliphatic heterocycles. The topological polar surface area (TPSA) is 74.4 Å². The number of hydrogen-bond acceptors (Lipinski definition) is 5. The molecule has 1 atom stereocenters. The van der Waals surface area contributed by atoms with Crippen molar-refractivity contribution in [2.24, 2.45) is 14.1 Å². The highest BCUT2D eigenvalue weighted by Crippen LogP contribution is 2.23. The SMILES string of the molecule is Cn1cc(C(=O)N2CCO[C@@H](c3cc(CCOc4ccc(F)c(F)c4)n(C)n3)C2)cn1. The summed E-state index contributed by atoms with van der Waals surface area (Å²) in [4.78, 5) is 14.4. The summed E-state index contributed by atoms with van der Waals surface area (Å²) in [6.45, 7) is 1.60. The molecule has 164 valence electrons. The summed E-state index contributed by atoms with van der Waals surface area (Å²) in [6, 6.07) is 5.35. The summed E-state index contributed by atoms with van der Waals surface area (Å²) in [5, 5.41) is 8.58. The summed E-state index contributed by atoms with van der Waals surface area (Å²) in [5.41, 5.74) is 2.17. The van der Waals surface area contributed by atoms with Crippen molar-refractivity contribution in [2.45, 2.75) is 12.5 Å². The summed E-state index contributed by atoms with van der Waals surface area (Å²) in [6.07, 6.45) is 3.44. The molecule has 0 bridgehead atoms. The van der Waals surface area contributed by atoms with Crippen LogP contribution in [-0.2, 0) is 25.3 Å². The zero-order chi connectivity index (χ0) is 22.0. The third-order valence-corrected chi connectivity index (χ3v) is 5.15. The standard InChI is InChI=1S/C21H23F2N5O3/c1-26-12-14(11-24-26)21(29)28-6-8-31-20(13-28)19-9-15(27(2)25-19)5-7-30-16-3-4-17(22)18(23)10-16/h3-4,9-12,20H,5-8,13H2,1-2H3/t20-/m1/s1. The molecule has 4 rings (SSSR count). The first-order valence-electron chi connectivity index (χ1n) is 9.91. The van der Waals surface area contributed by atoms with E-state index >= 15 is 0 Å². The first-order chi connectivity index (χ1) is 14.9. The third-order valence-electron chi connectivity index (χ3n) is 5.15. The number of benzene rings is 1. The molecule has 1 aliphatic rings. The van der Waals surface area contributed by atoms with Gasteiger partial charge in [0.05, 0.1) is 37.2 Å². The predicted molar refractivity (Wildman–Crippen MR) is 107 cm³/mol. The second-order valence-electron chi connectivity index (χ2n) is 7.37. The van der Waals surface area contributed by atoms with Gasteiger partial charge in [0, 0.05) is 45.0 Å². The molecule has 0 spiro atoms. The average molecular weight is 431 g/mol. The van der Waals surface area contributed by atoms with E-state index < -0.39 is 11.6 Å². The Bertz CT molecular complexity index is 1080. The number of carbonyl (C=O) groups is 1. The van der Waals surface area contributed by atoms with E-state index in [1.807, 2.05) is 13.1 Å². The normalized spacial score (nSPS) is 16.5. The third kappa shape index (κ3) is 4.74. The monoisotopic (exact) mass is 431 g/mol. The maximum Gasteiger partial charge on any atom is 0.257 e. The molecule has 0 N–H and O–H groups in total. The minimum absolute atomic E-state index is 0.0857. The lowest BCUT2D eigenvalue weighted by Crippen LogP contribution is -2.42. The zero-order valence-electron chi connectivity index (χ0n) is 17.3. The van der Waals surface area contributed by atoms with Crippen molar-refractivity contribution in [3.05, 3.63) is 65.2 Å². The van der Waals surface area contributed by atoms with Gasteiger partial charge in [0.15, 0.2) is 11.6 Å². The number of amides is 1. The van der Waals surface area contributed by atoms with E-state index in [9.17, 15) is 13.6 Å². The minimum Gasteiger partial charge on any atom is -0.493 e. The van der Waals surface area contributed by atoms with Gasteiger partial charge in [-0.15, -0.1) is 0 Å². The van der Waals surface area contributed by atoms with Crippen molar-refractivity contribution in [3.8, 4) is 5.75 Å². The lowest BCUT2D eigenvalue weighted by molar-refractivity contribution is -0.0249. The van der Waals surface area contributed by atoms with Gasteiger partial charge in [-0.05, 0) is 18.2 Å². The predicted octanol–water partition coefficient (Wildman–Crippen LogP) is 2.27. The van der Waals surface area contributed by atoms with Gasteiger partial charge in [-0.1, -0.05) is 0 Å². The molecule has 3 heterocycles. The summed E-state index contributed by atoms with van der Waals surface area (Å²) in [7, 11) is 3.59. The van der Waals surface area contributed by atoms with Crippen molar-refractivity contribution < 1.29 is 23.0 Å². The lowest BCUT2D eigenvalue weighted by atomic mass is 10.1. The van der Waals surface area contributed by atoms with Gasteiger partial charge in [-0.3, -0.25) is 14.2 Å². The minimum atomic E-state index is -0.944. The number of aryl methyl sites for hydroxylation is 2. The van der Waals surface area contributed by atoms with Gasteiger partial charge >= 0.3 is 0 Å². The molecule has 1 fully saturated rings. The molecule has 0 radical (unpaired) electrons. The Hall–Kier alpha value is -3.27. The van der Waals surface area contributed by atoms with E-state index in [4.69, 9.17) is 9.47 Å². The van der Waals surface area contributed by atoms with Crippen molar-refractivity contribution in [1.82, 2.24) is 24.5 Å². The molecule has 1 aromatic carbocycles. The fraction of sp³-hybridized carbons (Fsp3) is 0.381. The smallest absolute Gasteiger partial charge is 0.257 e. The number of nitrogens with zero attached hydrogens (tertiary/aromatic N) is 5. The lowest BCUT2D eigenvalue weighted by Gasteiger charge is -2.31. The van der Waals surface area contributed by atoms with Crippen molar-refractivity contribution in [2.75, 3.05) is 26.3 Å². The first kappa shape index (κ1) is 21.0. The molecule has 10 heteroatoms. The molecular formula is C21H23F2N5O3. The Balaban J connectivity index is 1.37. The van der Waals surface area contributed by atoms with Gasteiger partial charge in [0.25, 0.3) is 5.91 Å². The molecule has 31 heavy (non-hydrogen) atoms. The van der Waals surface area contributed by atoms with Gasteiger partial charge in [-0.2, -0.15) is 10.2 Å². The van der Waals surface area contributed by atoms with Crippen LogP contribution < -0.4 is 4.74 Å². The van der Waals surface area contributed by atoms with Crippen LogP contribution in [0, 0.1) is 11.6 Å². The van der Waals surface area contributed by atoms with Crippen LogP contribution in [-0.4, -0.2) is 56.7 Å². The number of aromatic nitrogens is 4. The number of halogens is 2. The van der Waals surface area contributed by atoms with Crippen molar-refractivity contribution >= 4 is 5.91 Å². The van der Waals surface area contributed by atoms with Gasteiger partial charge < -0.3 is 14.4 Å². The Morgan fingerprint density at radius 3 is 2.84 bits per heavy atom. The molecule has 0 unspecified atom stereocenters. The fourth-order valence-electron chi connectivity index (χ4n) is 3.49. The Morgan fingerprint density at radius 2 is 2.10 bits per heavy atom. The van der Waals surface area contributed by atoms with Gasteiger partial charge in [0.1, 0.15) is 11.9 Å². The van der Waals surface area contributed by atoms with E-state index in [0.717, 1.165) is 23.5 Å². The van der Waals surface area contributed by atoms with Crippen LogP contribution in [0.4, 0.5) is 8.78 Å². The van der Waals surface area contributed by atoms with E-state index in [0.29, 0.717) is 31.7 Å². The van der Waals surface area contributed by atoms with Crippen LogP contribution in [0.5, 0.6) is 5.75 Å². The highest BCUT2D eigenvalue weighted by molar-refractivity contribution is 5.93. The number of hydrogen-bond donors (Lipinski definition) is 0. The number of ether oxygens (including phenoxy) is 2. The molecule has 0 aliphatic carbocycles. The molecule has 3 aromatic rings. The highest BCUT2D eigenvalue weighted by Gasteiger charge is 2.28. The number of carbonyl (C=O) groups excluding carboxylic acids is 1. The Kier molecular flexibility index (Phi) is 5.99. The van der Waals surface area contributed by atoms with E-state index in [1.165, 1.54) is 6.07 Å².